The number of hydrogen-bond donors (Lipinski definition) is 1. The molecule has 0 saturated carbocycles. The van der Waals surface area contributed by atoms with Crippen molar-refractivity contribution in [3.05, 3.63) is 38.9 Å². The summed E-state index contributed by atoms with van der Waals surface area (Å²) in [7, 11) is 1.24. The first-order chi connectivity index (χ1) is 9.51. The number of aromatic nitrogens is 2. The minimum absolute atomic E-state index is 0.0918. The zero-order chi connectivity index (χ0) is 14.7. The predicted octanol–water partition coefficient (Wildman–Crippen LogP) is 2.54. The van der Waals surface area contributed by atoms with Crippen LogP contribution in [0, 0.1) is 6.92 Å². The number of nitrogens with one attached hydrogen (secondary N) is 1. The molecule has 0 atom stereocenters. The zero-order valence-corrected chi connectivity index (χ0v) is 12.2. The Morgan fingerprint density at radius 2 is 2.15 bits per heavy atom. The third-order valence-corrected chi connectivity index (χ3v) is 3.57. The largest absolute Gasteiger partial charge is 0.465 e. The van der Waals surface area contributed by atoms with Gasteiger partial charge in [-0.05, 0) is 19.1 Å². The maximum absolute atomic E-state index is 12.0. The number of hydrogen-bond acceptors (Lipinski definition) is 6. The van der Waals surface area contributed by atoms with Crippen LogP contribution in [0.3, 0.4) is 0 Å². The van der Waals surface area contributed by atoms with E-state index in [4.69, 9.17) is 11.6 Å². The summed E-state index contributed by atoms with van der Waals surface area (Å²) in [5.74, 6) is -0.481. The number of anilines is 1. The van der Waals surface area contributed by atoms with E-state index in [1.807, 2.05) is 0 Å². The molecule has 0 aliphatic rings. The number of nitrogens with zero attached hydrogens (tertiary/aromatic N) is 2. The number of ether oxygens (including phenoxy) is 1. The molecule has 0 aliphatic carbocycles. The summed E-state index contributed by atoms with van der Waals surface area (Å²) in [5, 5.41) is 2.56. The second-order valence-electron chi connectivity index (χ2n) is 3.73. The number of rotatable bonds is 3. The number of esters is 1. The van der Waals surface area contributed by atoms with E-state index in [0.717, 1.165) is 11.3 Å². The standard InChI is InChI=1S/C12H10ClN3O3S/c1-6-14-5-7(12(18)19-2)10(15-6)16-11(17)8-3-4-9(13)20-8/h3-5H,1-2H3,(H,14,15,16,17). The lowest BCUT2D eigenvalue weighted by Gasteiger charge is -2.08. The minimum atomic E-state index is -0.621. The van der Waals surface area contributed by atoms with Gasteiger partial charge >= 0.3 is 5.97 Å². The van der Waals surface area contributed by atoms with Crippen LogP contribution < -0.4 is 5.32 Å². The summed E-state index contributed by atoms with van der Waals surface area (Å²) < 4.78 is 5.12. The van der Waals surface area contributed by atoms with Gasteiger partial charge in [0.05, 0.1) is 16.3 Å². The number of carbonyl (C=O) groups excluding carboxylic acids is 2. The van der Waals surface area contributed by atoms with Gasteiger partial charge in [0.15, 0.2) is 5.82 Å². The number of thiophene rings is 1. The Hall–Kier alpha value is -1.99. The van der Waals surface area contributed by atoms with Crippen LogP contribution in [0.5, 0.6) is 0 Å². The molecule has 0 aromatic carbocycles. The molecule has 0 aliphatic heterocycles. The predicted molar refractivity (Wildman–Crippen MR) is 75.4 cm³/mol. The molecule has 0 fully saturated rings. The van der Waals surface area contributed by atoms with Crippen LogP contribution in [0.1, 0.15) is 25.9 Å². The quantitative estimate of drug-likeness (QED) is 0.881. The van der Waals surface area contributed by atoms with Gasteiger partial charge in [0.2, 0.25) is 0 Å². The molecule has 2 aromatic rings. The van der Waals surface area contributed by atoms with E-state index in [2.05, 4.69) is 20.0 Å². The van der Waals surface area contributed by atoms with Crippen molar-refractivity contribution in [2.45, 2.75) is 6.92 Å². The molecule has 0 radical (unpaired) electrons. The third-order valence-electron chi connectivity index (χ3n) is 2.34. The summed E-state index contributed by atoms with van der Waals surface area (Å²) in [4.78, 5) is 32.0. The molecule has 2 aromatic heterocycles. The second kappa shape index (κ2) is 5.98. The van der Waals surface area contributed by atoms with Gasteiger partial charge in [-0.15, -0.1) is 11.3 Å². The van der Waals surface area contributed by atoms with Crippen LogP contribution >= 0.6 is 22.9 Å². The molecule has 20 heavy (non-hydrogen) atoms. The van der Waals surface area contributed by atoms with Crippen molar-refractivity contribution >= 4 is 40.6 Å². The molecule has 0 bridgehead atoms. The third kappa shape index (κ3) is 3.12. The van der Waals surface area contributed by atoms with E-state index in [1.54, 1.807) is 19.1 Å². The minimum Gasteiger partial charge on any atom is -0.465 e. The van der Waals surface area contributed by atoms with Gasteiger partial charge in [-0.3, -0.25) is 4.79 Å². The van der Waals surface area contributed by atoms with Crippen LogP contribution in [0.15, 0.2) is 18.3 Å². The lowest BCUT2D eigenvalue weighted by molar-refractivity contribution is 0.0601. The Labute approximate surface area is 123 Å². The first-order valence-corrected chi connectivity index (χ1v) is 6.69. The SMILES string of the molecule is COC(=O)c1cnc(C)nc1NC(=O)c1ccc(Cl)s1. The van der Waals surface area contributed by atoms with Gasteiger partial charge in [0.1, 0.15) is 11.4 Å². The second-order valence-corrected chi connectivity index (χ2v) is 5.44. The monoisotopic (exact) mass is 311 g/mol. The van der Waals surface area contributed by atoms with Crippen molar-refractivity contribution in [1.82, 2.24) is 9.97 Å². The van der Waals surface area contributed by atoms with Crippen LogP contribution in [0.25, 0.3) is 0 Å². The Balaban J connectivity index is 2.30. The number of carbonyl (C=O) groups is 2. The smallest absolute Gasteiger partial charge is 0.343 e. The van der Waals surface area contributed by atoms with Gasteiger partial charge in [-0.25, -0.2) is 14.8 Å². The highest BCUT2D eigenvalue weighted by molar-refractivity contribution is 7.18. The summed E-state index contributed by atoms with van der Waals surface area (Å²) in [6, 6.07) is 3.21. The fourth-order valence-electron chi connectivity index (χ4n) is 1.43. The summed E-state index contributed by atoms with van der Waals surface area (Å²) in [6.45, 7) is 1.65. The molecule has 0 spiro atoms. The molecule has 2 rings (SSSR count). The van der Waals surface area contributed by atoms with Crippen molar-refractivity contribution in [2.75, 3.05) is 12.4 Å². The van der Waals surface area contributed by atoms with Crippen molar-refractivity contribution in [3.8, 4) is 0 Å². The van der Waals surface area contributed by atoms with E-state index < -0.39 is 11.9 Å². The molecule has 2 heterocycles. The van der Waals surface area contributed by atoms with Gasteiger partial charge in [0, 0.05) is 6.20 Å². The number of halogens is 1. The van der Waals surface area contributed by atoms with E-state index in [0.29, 0.717) is 15.0 Å². The van der Waals surface area contributed by atoms with Gasteiger partial charge in [0.25, 0.3) is 5.91 Å². The van der Waals surface area contributed by atoms with Crippen LogP contribution in [0.4, 0.5) is 5.82 Å². The Bertz CT molecular complexity index is 672. The highest BCUT2D eigenvalue weighted by Crippen LogP contribution is 2.23. The fourth-order valence-corrected chi connectivity index (χ4v) is 2.37. The summed E-state index contributed by atoms with van der Waals surface area (Å²) in [5.41, 5.74) is 0.0918. The first kappa shape index (κ1) is 14.4. The molecule has 8 heteroatoms. The molecule has 0 unspecified atom stereocenters. The van der Waals surface area contributed by atoms with Crippen molar-refractivity contribution < 1.29 is 14.3 Å². The molecule has 104 valence electrons. The van der Waals surface area contributed by atoms with Crippen molar-refractivity contribution in [3.63, 3.8) is 0 Å². The van der Waals surface area contributed by atoms with Gasteiger partial charge < -0.3 is 10.1 Å². The molecule has 0 saturated heterocycles. The van der Waals surface area contributed by atoms with Crippen molar-refractivity contribution in [1.29, 1.82) is 0 Å². The number of aryl methyl sites for hydroxylation is 1. The Morgan fingerprint density at radius 1 is 1.40 bits per heavy atom. The lowest BCUT2D eigenvalue weighted by atomic mass is 10.3. The number of amides is 1. The van der Waals surface area contributed by atoms with Crippen LogP contribution in [-0.4, -0.2) is 29.0 Å². The van der Waals surface area contributed by atoms with Crippen LogP contribution in [0.2, 0.25) is 4.34 Å². The summed E-state index contributed by atoms with van der Waals surface area (Å²) >= 11 is 6.91. The molecular formula is C12H10ClN3O3S. The van der Waals surface area contributed by atoms with E-state index >= 15 is 0 Å². The van der Waals surface area contributed by atoms with Crippen LogP contribution in [-0.2, 0) is 4.74 Å². The fraction of sp³-hybridized carbons (Fsp3) is 0.167. The lowest BCUT2D eigenvalue weighted by Crippen LogP contribution is -2.16. The van der Waals surface area contributed by atoms with Gasteiger partial charge in [-0.2, -0.15) is 0 Å². The van der Waals surface area contributed by atoms with E-state index in [-0.39, 0.29) is 11.4 Å². The average molecular weight is 312 g/mol. The van der Waals surface area contributed by atoms with E-state index in [9.17, 15) is 9.59 Å². The zero-order valence-electron chi connectivity index (χ0n) is 10.6. The van der Waals surface area contributed by atoms with E-state index in [1.165, 1.54) is 13.3 Å². The maximum Gasteiger partial charge on any atom is 0.343 e. The first-order valence-electron chi connectivity index (χ1n) is 5.50. The van der Waals surface area contributed by atoms with Crippen molar-refractivity contribution in [2.24, 2.45) is 0 Å². The topological polar surface area (TPSA) is 81.2 Å². The molecule has 1 amide bonds. The Kier molecular flexibility index (Phi) is 4.31. The molecule has 1 N–H and O–H groups in total. The molecule has 6 nitrogen and oxygen atoms in total. The van der Waals surface area contributed by atoms with Gasteiger partial charge in [-0.1, -0.05) is 11.6 Å². The highest BCUT2D eigenvalue weighted by atomic mass is 35.5. The maximum atomic E-state index is 12.0. The Morgan fingerprint density at radius 3 is 2.75 bits per heavy atom. The summed E-state index contributed by atoms with van der Waals surface area (Å²) in [6.07, 6.45) is 1.31. The number of methoxy groups -OCH3 is 1. The molecular weight excluding hydrogens is 302 g/mol. The highest BCUT2D eigenvalue weighted by Gasteiger charge is 2.18. The average Bonchev–Trinajstić information content (AvgIpc) is 2.85. The normalized spacial score (nSPS) is 10.2.